The van der Waals surface area contributed by atoms with Crippen molar-refractivity contribution in [1.29, 1.82) is 0 Å². The molecule has 0 fully saturated rings. The first-order valence-corrected chi connectivity index (χ1v) is 4.36. The molecule has 0 aromatic heterocycles. The van der Waals surface area contributed by atoms with Crippen molar-refractivity contribution in [1.82, 2.24) is 0 Å². The van der Waals surface area contributed by atoms with E-state index >= 15 is 0 Å². The van der Waals surface area contributed by atoms with Crippen molar-refractivity contribution in [2.24, 2.45) is 0 Å². The molecule has 0 aliphatic heterocycles. The maximum absolute atomic E-state index is 11.7. The van der Waals surface area contributed by atoms with Crippen molar-refractivity contribution in [3.8, 4) is 0 Å². The summed E-state index contributed by atoms with van der Waals surface area (Å²) in [5.74, 6) is 0.0701. The van der Waals surface area contributed by atoms with Gasteiger partial charge in [0, 0.05) is 14.7 Å². The highest BCUT2D eigenvalue weighted by atomic mass is 16.1. The summed E-state index contributed by atoms with van der Waals surface area (Å²) >= 11 is 0. The number of allylic oxidation sites excluding steroid dienone is 2. The van der Waals surface area contributed by atoms with Gasteiger partial charge in [0.2, 0.25) is 0 Å². The maximum atomic E-state index is 11.7. The van der Waals surface area contributed by atoms with Gasteiger partial charge in [-0.25, -0.2) is 0 Å². The monoisotopic (exact) mass is 174 g/mol. The van der Waals surface area contributed by atoms with Crippen LogP contribution in [0.3, 0.4) is 0 Å². The lowest BCUT2D eigenvalue weighted by Gasteiger charge is -2.01. The Morgan fingerprint density at radius 1 is 1.23 bits per heavy atom. The van der Waals surface area contributed by atoms with Crippen molar-refractivity contribution >= 4 is 11.4 Å². The minimum Gasteiger partial charge on any atom is -0.294 e. The zero-order valence-electron chi connectivity index (χ0n) is 9.29. The summed E-state index contributed by atoms with van der Waals surface area (Å²) in [6.45, 7) is -1.02. The van der Waals surface area contributed by atoms with Gasteiger partial charge in [-0.1, -0.05) is 35.9 Å². The minimum absolute atomic E-state index is 0.0701. The van der Waals surface area contributed by atoms with E-state index in [-0.39, 0.29) is 5.78 Å². The van der Waals surface area contributed by atoms with E-state index in [9.17, 15) is 4.79 Å². The molecule has 2 rings (SSSR count). The van der Waals surface area contributed by atoms with Crippen LogP contribution in [-0.2, 0) is 4.79 Å². The van der Waals surface area contributed by atoms with Crippen molar-refractivity contribution in [2.45, 2.75) is 19.7 Å². The van der Waals surface area contributed by atoms with Gasteiger partial charge in [-0.15, -0.1) is 0 Å². The van der Waals surface area contributed by atoms with Gasteiger partial charge in [0.05, 0.1) is 0 Å². The summed E-state index contributed by atoms with van der Waals surface area (Å²) in [5, 5.41) is 0. The third-order valence-corrected chi connectivity index (χ3v) is 2.28. The zero-order valence-corrected chi connectivity index (χ0v) is 7.29. The second kappa shape index (κ2) is 3.17. The van der Waals surface area contributed by atoms with Crippen molar-refractivity contribution < 1.29 is 7.54 Å². The van der Waals surface area contributed by atoms with Gasteiger partial charge in [0.25, 0.3) is 0 Å². The van der Waals surface area contributed by atoms with Gasteiger partial charge in [0.1, 0.15) is 0 Å². The lowest BCUT2D eigenvalue weighted by atomic mass is 10.0. The Hall–Kier alpha value is -1.37. The molecule has 1 aliphatic carbocycles. The van der Waals surface area contributed by atoms with Crippen LogP contribution in [0.2, 0.25) is 0 Å². The molecule has 1 aromatic carbocycles. The van der Waals surface area contributed by atoms with Gasteiger partial charge in [-0.05, 0) is 18.9 Å². The molecule has 1 aliphatic rings. The number of carbonyl (C=O) groups excluding carboxylic acids is 1. The van der Waals surface area contributed by atoms with Crippen LogP contribution in [0.15, 0.2) is 35.9 Å². The number of ketones is 1. The molecule has 13 heavy (non-hydrogen) atoms. The molecule has 0 saturated carbocycles. The average Bonchev–Trinajstić information content (AvgIpc) is 2.61. The molecule has 0 bridgehead atoms. The SMILES string of the molecule is [2H]C([2H])C1=C(c2ccccc2)C(=O)CC1. The highest BCUT2D eigenvalue weighted by Crippen LogP contribution is 2.30. The fourth-order valence-corrected chi connectivity index (χ4v) is 1.63. The predicted molar refractivity (Wildman–Crippen MR) is 53.3 cm³/mol. The third kappa shape index (κ3) is 1.42. The summed E-state index contributed by atoms with van der Waals surface area (Å²) in [5.41, 5.74) is 2.11. The molecule has 0 N–H and O–H groups in total. The number of benzene rings is 1. The van der Waals surface area contributed by atoms with E-state index in [0.717, 1.165) is 5.56 Å². The molecule has 1 heteroatoms. The normalized spacial score (nSPS) is 19.3. The molecule has 66 valence electrons. The largest absolute Gasteiger partial charge is 0.294 e. The van der Waals surface area contributed by atoms with Gasteiger partial charge < -0.3 is 0 Å². The Bertz CT molecular complexity index is 407. The van der Waals surface area contributed by atoms with Crippen molar-refractivity contribution in [2.75, 3.05) is 0 Å². The predicted octanol–water partition coefficient (Wildman–Crippen LogP) is 2.82. The molecule has 0 saturated heterocycles. The van der Waals surface area contributed by atoms with E-state index in [4.69, 9.17) is 2.74 Å². The molecular weight excluding hydrogens is 160 g/mol. The van der Waals surface area contributed by atoms with Gasteiger partial charge in [0.15, 0.2) is 5.78 Å². The van der Waals surface area contributed by atoms with E-state index in [2.05, 4.69) is 0 Å². The van der Waals surface area contributed by atoms with Gasteiger partial charge in [-0.2, -0.15) is 0 Å². The lowest BCUT2D eigenvalue weighted by Crippen LogP contribution is -1.94. The fraction of sp³-hybridized carbons (Fsp3) is 0.250. The first-order chi connectivity index (χ1) is 7.20. The molecule has 0 radical (unpaired) electrons. The van der Waals surface area contributed by atoms with Crippen LogP contribution in [0.4, 0.5) is 0 Å². The van der Waals surface area contributed by atoms with Crippen LogP contribution in [-0.4, -0.2) is 5.78 Å². The Morgan fingerprint density at radius 2 is 2.00 bits per heavy atom. The topological polar surface area (TPSA) is 17.1 Å². The number of hydrogen-bond acceptors (Lipinski definition) is 1. The first kappa shape index (κ1) is 6.14. The van der Waals surface area contributed by atoms with E-state index in [1.807, 2.05) is 30.3 Å². The minimum atomic E-state index is -1.02. The first-order valence-electron chi connectivity index (χ1n) is 5.52. The second-order valence-electron chi connectivity index (χ2n) is 3.19. The van der Waals surface area contributed by atoms with Crippen molar-refractivity contribution in [3.05, 3.63) is 41.5 Å². The highest BCUT2D eigenvalue weighted by Gasteiger charge is 2.20. The summed E-state index contributed by atoms with van der Waals surface area (Å²) in [7, 11) is 0. The van der Waals surface area contributed by atoms with E-state index < -0.39 is 6.88 Å². The number of carbonyl (C=O) groups is 1. The number of rotatable bonds is 1. The van der Waals surface area contributed by atoms with Crippen LogP contribution >= 0.6 is 0 Å². The Balaban J connectivity index is 2.49. The molecule has 1 aromatic rings. The van der Waals surface area contributed by atoms with E-state index in [0.29, 0.717) is 24.0 Å². The van der Waals surface area contributed by atoms with Crippen LogP contribution < -0.4 is 0 Å². The van der Waals surface area contributed by atoms with Crippen LogP contribution in [0.1, 0.15) is 28.0 Å². The molecule has 0 heterocycles. The Morgan fingerprint density at radius 3 is 2.69 bits per heavy atom. The maximum Gasteiger partial charge on any atom is 0.163 e. The summed E-state index contributed by atoms with van der Waals surface area (Å²) in [4.78, 5) is 11.7. The summed E-state index contributed by atoms with van der Waals surface area (Å²) in [6.07, 6.45) is 1.02. The van der Waals surface area contributed by atoms with Crippen LogP contribution in [0.5, 0.6) is 0 Å². The molecule has 1 nitrogen and oxygen atoms in total. The molecular formula is C12H12O. The van der Waals surface area contributed by atoms with Gasteiger partial charge in [-0.3, -0.25) is 4.79 Å². The third-order valence-electron chi connectivity index (χ3n) is 2.28. The lowest BCUT2D eigenvalue weighted by molar-refractivity contribution is -0.113. The van der Waals surface area contributed by atoms with Crippen molar-refractivity contribution in [3.63, 3.8) is 0 Å². The van der Waals surface area contributed by atoms with Crippen LogP contribution in [0.25, 0.3) is 5.57 Å². The molecule has 0 unspecified atom stereocenters. The second-order valence-corrected chi connectivity index (χ2v) is 3.19. The van der Waals surface area contributed by atoms with Gasteiger partial charge >= 0.3 is 0 Å². The molecule has 0 amide bonds. The molecule has 0 spiro atoms. The van der Waals surface area contributed by atoms with Crippen LogP contribution in [0, 0.1) is 0 Å². The fourth-order valence-electron chi connectivity index (χ4n) is 1.63. The molecule has 0 atom stereocenters. The smallest absolute Gasteiger partial charge is 0.163 e. The highest BCUT2D eigenvalue weighted by molar-refractivity contribution is 6.23. The van der Waals surface area contributed by atoms with E-state index in [1.165, 1.54) is 0 Å². The summed E-state index contributed by atoms with van der Waals surface area (Å²) in [6, 6.07) is 9.35. The average molecular weight is 174 g/mol. The zero-order chi connectivity index (χ0) is 10.8. The number of hydrogen-bond donors (Lipinski definition) is 0. The standard InChI is InChI=1S/C12H12O/c1-9-7-8-11(13)12(9)10-5-3-2-4-6-10/h2-6H,7-8H2,1H3/i1D2. The summed E-state index contributed by atoms with van der Waals surface area (Å²) < 4.78 is 14.8. The van der Waals surface area contributed by atoms with E-state index in [1.54, 1.807) is 0 Å². The Kier molecular flexibility index (Phi) is 1.50. The Labute approximate surface area is 80.9 Å². The quantitative estimate of drug-likeness (QED) is 0.639. The number of Topliss-reactive ketones (excluding diaryl/α,β-unsaturated/α-hetero) is 1.